The topological polar surface area (TPSA) is 123 Å². The molecule has 178 valence electrons. The Kier molecular flexibility index (Phi) is 5.69. The first-order valence-corrected chi connectivity index (χ1v) is 12.0. The number of fused-ring (bicyclic) bond motifs is 1. The van der Waals surface area contributed by atoms with Gasteiger partial charge in [0.2, 0.25) is 5.91 Å². The average Bonchev–Trinajstić information content (AvgIpc) is 3.36. The van der Waals surface area contributed by atoms with Gasteiger partial charge < -0.3 is 15.8 Å². The molecule has 2 fully saturated rings. The van der Waals surface area contributed by atoms with Crippen molar-refractivity contribution >= 4 is 16.1 Å². The Morgan fingerprint density at radius 2 is 2.03 bits per heavy atom. The number of nitrogens with one attached hydrogen (secondary N) is 1. The van der Waals surface area contributed by atoms with Crippen LogP contribution in [0.3, 0.4) is 0 Å². The number of rotatable bonds is 4. The molecule has 4 heterocycles. The monoisotopic (exact) mass is 482 g/mol. The first-order chi connectivity index (χ1) is 15.7. The lowest BCUT2D eigenvalue weighted by atomic mass is 9.93. The van der Waals surface area contributed by atoms with Crippen molar-refractivity contribution in [2.45, 2.75) is 37.7 Å². The van der Waals surface area contributed by atoms with E-state index in [1.807, 2.05) is 0 Å². The number of ether oxygens (including phenoxy) is 1. The number of carbonyl (C=O) groups is 1. The van der Waals surface area contributed by atoms with Crippen molar-refractivity contribution < 1.29 is 26.7 Å². The summed E-state index contributed by atoms with van der Waals surface area (Å²) in [5, 5.41) is 6.86. The molecule has 5 rings (SSSR count). The van der Waals surface area contributed by atoms with Crippen LogP contribution in [-0.4, -0.2) is 71.0 Å². The quantitative estimate of drug-likeness (QED) is 0.622. The summed E-state index contributed by atoms with van der Waals surface area (Å²) in [6.45, 7) is 1.37. The van der Waals surface area contributed by atoms with Gasteiger partial charge in [-0.3, -0.25) is 9.69 Å². The highest BCUT2D eigenvalue weighted by Crippen LogP contribution is 2.34. The van der Waals surface area contributed by atoms with Crippen LogP contribution in [0.25, 0.3) is 0 Å². The Hall–Kier alpha value is -2.45. The molecule has 2 saturated heterocycles. The number of piperazine rings is 1. The number of carbonyl (C=O) groups excluding carboxylic acids is 1. The van der Waals surface area contributed by atoms with Crippen molar-refractivity contribution in [1.82, 2.24) is 23.7 Å². The van der Waals surface area contributed by atoms with E-state index in [0.717, 1.165) is 32.2 Å². The maximum atomic E-state index is 14.2. The molecule has 0 bridgehead atoms. The number of hydrogen-bond acceptors (Lipinski definition) is 7. The number of amides is 1. The fraction of sp³-hybridized carbons (Fsp3) is 0.500. The van der Waals surface area contributed by atoms with E-state index in [4.69, 9.17) is 10.5 Å². The standard InChI is InChI=1S/C20H24F2N6O4S/c21-13-1-2-16(22)15(5-13)20-17(23)6-14(11-32-20)26-7-12-8-28(25-18(12)9-26)33(30,31)27-4-3-24-19(29)10-27/h1-2,5,8,14,17,20H,3-4,6-7,9-11,23H2,(H,24,29)/t14?,17-,20+/m0/s1. The summed E-state index contributed by atoms with van der Waals surface area (Å²) in [5.74, 6) is -1.45. The Balaban J connectivity index is 1.25. The van der Waals surface area contributed by atoms with Gasteiger partial charge in [-0.05, 0) is 24.6 Å². The zero-order valence-corrected chi connectivity index (χ0v) is 18.5. The third-order valence-electron chi connectivity index (χ3n) is 6.33. The van der Waals surface area contributed by atoms with Crippen LogP contribution in [0.2, 0.25) is 0 Å². The minimum Gasteiger partial charge on any atom is -0.370 e. The molecule has 1 aromatic carbocycles. The van der Waals surface area contributed by atoms with E-state index < -0.39 is 34.0 Å². The molecule has 3 atom stereocenters. The number of nitrogens with zero attached hydrogens (tertiary/aromatic N) is 4. The SMILES string of the molecule is N[C@H]1CC(N2Cc3cn(S(=O)(=O)N4CCNC(=O)C4)nc3C2)CO[C@@H]1c1cc(F)ccc1F. The van der Waals surface area contributed by atoms with Crippen LogP contribution in [0.5, 0.6) is 0 Å². The lowest BCUT2D eigenvalue weighted by Gasteiger charge is -2.38. The largest absolute Gasteiger partial charge is 0.370 e. The van der Waals surface area contributed by atoms with Crippen LogP contribution in [-0.2, 0) is 32.8 Å². The summed E-state index contributed by atoms with van der Waals surface area (Å²) in [5.41, 5.74) is 7.78. The second-order valence-electron chi connectivity index (χ2n) is 8.54. The molecular formula is C20H24F2N6O4S. The molecule has 2 aromatic rings. The number of nitrogens with two attached hydrogens (primary N) is 1. The molecule has 13 heteroatoms. The fourth-order valence-corrected chi connectivity index (χ4v) is 5.91. The summed E-state index contributed by atoms with van der Waals surface area (Å²) in [6, 6.07) is 2.63. The van der Waals surface area contributed by atoms with E-state index in [9.17, 15) is 22.0 Å². The zero-order valence-electron chi connectivity index (χ0n) is 17.7. The second kappa shape index (κ2) is 8.40. The smallest absolute Gasteiger partial charge is 0.323 e. The highest BCUT2D eigenvalue weighted by Gasteiger charge is 2.38. The summed E-state index contributed by atoms with van der Waals surface area (Å²) < 4.78 is 61.3. The molecule has 0 saturated carbocycles. The van der Waals surface area contributed by atoms with E-state index in [-0.39, 0.29) is 43.8 Å². The van der Waals surface area contributed by atoms with E-state index >= 15 is 0 Å². The van der Waals surface area contributed by atoms with Crippen LogP contribution in [0.1, 0.15) is 29.3 Å². The van der Waals surface area contributed by atoms with E-state index in [1.54, 1.807) is 0 Å². The Morgan fingerprint density at radius 3 is 2.76 bits per heavy atom. The molecule has 33 heavy (non-hydrogen) atoms. The molecule has 0 aliphatic carbocycles. The number of aromatic nitrogens is 2. The lowest BCUT2D eigenvalue weighted by molar-refractivity contribution is -0.122. The molecule has 0 spiro atoms. The Labute approximate surface area is 189 Å². The van der Waals surface area contributed by atoms with Gasteiger partial charge in [-0.15, -0.1) is 0 Å². The average molecular weight is 483 g/mol. The van der Waals surface area contributed by atoms with Gasteiger partial charge in [0.25, 0.3) is 0 Å². The van der Waals surface area contributed by atoms with Gasteiger partial charge in [0.1, 0.15) is 17.7 Å². The van der Waals surface area contributed by atoms with Gasteiger partial charge in [0.05, 0.1) is 18.8 Å². The second-order valence-corrected chi connectivity index (χ2v) is 10.3. The maximum absolute atomic E-state index is 14.2. The van der Waals surface area contributed by atoms with E-state index in [2.05, 4.69) is 15.3 Å². The molecule has 1 aromatic heterocycles. The first kappa shape index (κ1) is 22.3. The van der Waals surface area contributed by atoms with Gasteiger partial charge >= 0.3 is 10.2 Å². The maximum Gasteiger partial charge on any atom is 0.323 e. The highest BCUT2D eigenvalue weighted by molar-refractivity contribution is 7.87. The fourth-order valence-electron chi connectivity index (χ4n) is 4.61. The molecule has 3 aliphatic rings. The van der Waals surface area contributed by atoms with Gasteiger partial charge in [-0.1, -0.05) is 0 Å². The molecule has 1 unspecified atom stereocenters. The van der Waals surface area contributed by atoms with Crippen LogP contribution >= 0.6 is 0 Å². The third kappa shape index (κ3) is 4.15. The zero-order chi connectivity index (χ0) is 23.3. The van der Waals surface area contributed by atoms with Crippen molar-refractivity contribution in [3.05, 3.63) is 52.9 Å². The number of hydrogen-bond donors (Lipinski definition) is 2. The third-order valence-corrected chi connectivity index (χ3v) is 7.95. The van der Waals surface area contributed by atoms with Crippen LogP contribution in [0.4, 0.5) is 8.78 Å². The van der Waals surface area contributed by atoms with Gasteiger partial charge in [0.15, 0.2) is 0 Å². The van der Waals surface area contributed by atoms with Gasteiger partial charge in [0, 0.05) is 55.6 Å². The minimum absolute atomic E-state index is 0.0714. The van der Waals surface area contributed by atoms with Crippen molar-refractivity contribution in [3.63, 3.8) is 0 Å². The van der Waals surface area contributed by atoms with Crippen LogP contribution in [0.15, 0.2) is 24.4 Å². The number of halogens is 2. The van der Waals surface area contributed by atoms with Crippen molar-refractivity contribution in [2.75, 3.05) is 26.2 Å². The normalized spacial score (nSPS) is 26.9. The summed E-state index contributed by atoms with van der Waals surface area (Å²) in [7, 11) is -3.92. The van der Waals surface area contributed by atoms with Gasteiger partial charge in [-0.25, -0.2) is 8.78 Å². The summed E-state index contributed by atoms with van der Waals surface area (Å²) in [6.07, 6.45) is 1.25. The minimum atomic E-state index is -3.92. The molecule has 3 aliphatic heterocycles. The molecule has 10 nitrogen and oxygen atoms in total. The highest BCUT2D eigenvalue weighted by atomic mass is 32.2. The number of benzene rings is 1. The molecule has 0 radical (unpaired) electrons. The van der Waals surface area contributed by atoms with Crippen LogP contribution in [0, 0.1) is 11.6 Å². The lowest BCUT2D eigenvalue weighted by Crippen LogP contribution is -2.51. The van der Waals surface area contributed by atoms with Crippen molar-refractivity contribution in [2.24, 2.45) is 5.73 Å². The van der Waals surface area contributed by atoms with Crippen molar-refractivity contribution in [3.8, 4) is 0 Å². The van der Waals surface area contributed by atoms with E-state index in [0.29, 0.717) is 25.2 Å². The molecular weight excluding hydrogens is 458 g/mol. The molecule has 1 amide bonds. The van der Waals surface area contributed by atoms with E-state index in [1.165, 1.54) is 6.20 Å². The first-order valence-electron chi connectivity index (χ1n) is 10.6. The summed E-state index contributed by atoms with van der Waals surface area (Å²) in [4.78, 5) is 13.7. The molecule has 3 N–H and O–H groups in total. The predicted molar refractivity (Wildman–Crippen MR) is 112 cm³/mol. The van der Waals surface area contributed by atoms with Crippen LogP contribution < -0.4 is 11.1 Å². The van der Waals surface area contributed by atoms with Gasteiger partial charge in [-0.2, -0.15) is 21.9 Å². The van der Waals surface area contributed by atoms with Crippen molar-refractivity contribution in [1.29, 1.82) is 0 Å². The Bertz CT molecular complexity index is 1170. The summed E-state index contributed by atoms with van der Waals surface area (Å²) >= 11 is 0. The Morgan fingerprint density at radius 1 is 1.21 bits per heavy atom. The predicted octanol–water partition coefficient (Wildman–Crippen LogP) is -0.141.